The van der Waals surface area contributed by atoms with Crippen molar-refractivity contribution in [3.8, 4) is 22.6 Å². The first-order valence-electron chi connectivity index (χ1n) is 14.3. The maximum absolute atomic E-state index is 12.9. The van der Waals surface area contributed by atoms with Gasteiger partial charge in [-0.1, -0.05) is 72.8 Å². The van der Waals surface area contributed by atoms with Crippen LogP contribution in [-0.4, -0.2) is 30.7 Å². The van der Waals surface area contributed by atoms with Gasteiger partial charge in [0.25, 0.3) is 5.91 Å². The molecule has 1 unspecified atom stereocenters. The van der Waals surface area contributed by atoms with E-state index in [-0.39, 0.29) is 11.9 Å². The van der Waals surface area contributed by atoms with Gasteiger partial charge in [-0.25, -0.2) is 0 Å². The van der Waals surface area contributed by atoms with E-state index in [0.717, 1.165) is 43.1 Å². The standard InChI is InChI=1S/C35H36N2O3/c1-25(29-12-14-31(15-13-29)30-5-3-2-4-6-30)36-35(38)32-10-7-26(8-11-32)21-27-17-19-37(20-18-27)23-28-9-16-33-34(22-28)40-24-39-33/h2-16,22,25,27H,17-21,23-24H2,1H3,(H,36,38). The van der Waals surface area contributed by atoms with E-state index in [1.807, 2.05) is 43.3 Å². The van der Waals surface area contributed by atoms with E-state index < -0.39 is 0 Å². The second-order valence-corrected chi connectivity index (χ2v) is 11.0. The van der Waals surface area contributed by atoms with Crippen molar-refractivity contribution in [2.45, 2.75) is 38.8 Å². The molecule has 5 nitrogen and oxygen atoms in total. The molecule has 0 aromatic heterocycles. The molecule has 6 rings (SSSR count). The topological polar surface area (TPSA) is 50.8 Å². The molecule has 1 atom stereocenters. The Labute approximate surface area is 236 Å². The van der Waals surface area contributed by atoms with E-state index in [1.165, 1.54) is 35.1 Å². The minimum Gasteiger partial charge on any atom is -0.454 e. The van der Waals surface area contributed by atoms with Crippen LogP contribution in [0.2, 0.25) is 0 Å². The van der Waals surface area contributed by atoms with Gasteiger partial charge in [0.05, 0.1) is 6.04 Å². The predicted molar refractivity (Wildman–Crippen MR) is 158 cm³/mol. The number of rotatable bonds is 8. The fourth-order valence-electron chi connectivity index (χ4n) is 5.73. The Bertz CT molecular complexity index is 1430. The van der Waals surface area contributed by atoms with Gasteiger partial charge in [-0.3, -0.25) is 9.69 Å². The number of piperidine rings is 1. The Morgan fingerprint density at radius 1 is 0.825 bits per heavy atom. The number of nitrogens with zero attached hydrogens (tertiary/aromatic N) is 1. The summed E-state index contributed by atoms with van der Waals surface area (Å²) in [6.45, 7) is 5.50. The Hall–Kier alpha value is -4.09. The largest absolute Gasteiger partial charge is 0.454 e. The van der Waals surface area contributed by atoms with Crippen molar-refractivity contribution in [2.24, 2.45) is 5.92 Å². The zero-order chi connectivity index (χ0) is 27.3. The van der Waals surface area contributed by atoms with Gasteiger partial charge in [-0.15, -0.1) is 0 Å². The number of benzene rings is 4. The van der Waals surface area contributed by atoms with Crippen molar-refractivity contribution in [3.05, 3.63) is 119 Å². The van der Waals surface area contributed by atoms with Crippen LogP contribution in [0.3, 0.4) is 0 Å². The highest BCUT2D eigenvalue weighted by Gasteiger charge is 2.21. The van der Waals surface area contributed by atoms with Gasteiger partial charge in [0.15, 0.2) is 11.5 Å². The number of carbonyl (C=O) groups excluding carboxylic acids is 1. The van der Waals surface area contributed by atoms with E-state index in [2.05, 4.69) is 70.9 Å². The summed E-state index contributed by atoms with van der Waals surface area (Å²) in [5.74, 6) is 2.33. The number of ether oxygens (including phenoxy) is 2. The van der Waals surface area contributed by atoms with E-state index in [1.54, 1.807) is 0 Å². The first-order valence-corrected chi connectivity index (χ1v) is 14.3. The van der Waals surface area contributed by atoms with Crippen LogP contribution in [0, 0.1) is 5.92 Å². The lowest BCUT2D eigenvalue weighted by Crippen LogP contribution is -2.33. The number of nitrogens with one attached hydrogen (secondary N) is 1. The molecule has 1 fully saturated rings. The lowest BCUT2D eigenvalue weighted by atomic mass is 9.89. The third-order valence-corrected chi connectivity index (χ3v) is 8.16. The smallest absolute Gasteiger partial charge is 0.251 e. The third-order valence-electron chi connectivity index (χ3n) is 8.16. The fourth-order valence-corrected chi connectivity index (χ4v) is 5.73. The molecule has 2 heterocycles. The number of amides is 1. The highest BCUT2D eigenvalue weighted by atomic mass is 16.7. The molecule has 1 saturated heterocycles. The molecule has 0 bridgehead atoms. The summed E-state index contributed by atoms with van der Waals surface area (Å²) in [5, 5.41) is 3.15. The van der Waals surface area contributed by atoms with Gasteiger partial charge in [-0.05, 0) is 97.3 Å². The Morgan fingerprint density at radius 2 is 1.50 bits per heavy atom. The molecule has 0 aliphatic carbocycles. The first-order chi connectivity index (χ1) is 19.6. The van der Waals surface area contributed by atoms with Crippen molar-refractivity contribution in [2.75, 3.05) is 19.9 Å². The van der Waals surface area contributed by atoms with Crippen LogP contribution < -0.4 is 14.8 Å². The minimum absolute atomic E-state index is 0.0389. The average molecular weight is 533 g/mol. The number of fused-ring (bicyclic) bond motifs is 1. The second kappa shape index (κ2) is 12.0. The lowest BCUT2D eigenvalue weighted by Gasteiger charge is -2.32. The normalized spacial score (nSPS) is 16.0. The van der Waals surface area contributed by atoms with Gasteiger partial charge < -0.3 is 14.8 Å². The zero-order valence-corrected chi connectivity index (χ0v) is 23.0. The van der Waals surface area contributed by atoms with Gasteiger partial charge in [0.2, 0.25) is 6.79 Å². The summed E-state index contributed by atoms with van der Waals surface area (Å²) in [7, 11) is 0. The highest BCUT2D eigenvalue weighted by molar-refractivity contribution is 5.94. The van der Waals surface area contributed by atoms with Crippen molar-refractivity contribution in [1.82, 2.24) is 10.2 Å². The molecule has 0 spiro atoms. The summed E-state index contributed by atoms with van der Waals surface area (Å²) in [4.78, 5) is 15.5. The molecule has 4 aromatic carbocycles. The van der Waals surface area contributed by atoms with Crippen LogP contribution in [0.4, 0.5) is 0 Å². The van der Waals surface area contributed by atoms with Crippen molar-refractivity contribution in [3.63, 3.8) is 0 Å². The molecule has 0 saturated carbocycles. The molecule has 40 heavy (non-hydrogen) atoms. The van der Waals surface area contributed by atoms with E-state index in [4.69, 9.17) is 9.47 Å². The van der Waals surface area contributed by atoms with E-state index >= 15 is 0 Å². The second-order valence-electron chi connectivity index (χ2n) is 11.0. The molecule has 2 aliphatic rings. The molecule has 0 radical (unpaired) electrons. The van der Waals surface area contributed by atoms with Crippen molar-refractivity contribution < 1.29 is 14.3 Å². The highest BCUT2D eigenvalue weighted by Crippen LogP contribution is 2.33. The Kier molecular flexibility index (Phi) is 7.83. The quantitative estimate of drug-likeness (QED) is 0.265. The number of hydrogen-bond acceptors (Lipinski definition) is 4. The molecule has 5 heteroatoms. The molecular formula is C35H36N2O3. The number of hydrogen-bond donors (Lipinski definition) is 1. The maximum Gasteiger partial charge on any atom is 0.251 e. The molecule has 1 N–H and O–H groups in total. The van der Waals surface area contributed by atoms with Crippen LogP contribution in [0.15, 0.2) is 97.1 Å². The van der Waals surface area contributed by atoms with Crippen LogP contribution in [0.1, 0.15) is 52.9 Å². The minimum atomic E-state index is -0.0696. The third kappa shape index (κ3) is 6.21. The SMILES string of the molecule is CC(NC(=O)c1ccc(CC2CCN(Cc3ccc4c(c3)OCO4)CC2)cc1)c1ccc(-c2ccccc2)cc1. The van der Waals surface area contributed by atoms with Crippen molar-refractivity contribution in [1.29, 1.82) is 0 Å². The molecule has 2 aliphatic heterocycles. The fraction of sp³-hybridized carbons (Fsp3) is 0.286. The van der Waals surface area contributed by atoms with E-state index in [9.17, 15) is 4.79 Å². The summed E-state index contributed by atoms with van der Waals surface area (Å²) in [5.41, 5.74) is 6.74. The lowest BCUT2D eigenvalue weighted by molar-refractivity contribution is 0.0940. The van der Waals surface area contributed by atoms with Crippen molar-refractivity contribution >= 4 is 5.91 Å². The number of carbonyl (C=O) groups is 1. The summed E-state index contributed by atoms with van der Waals surface area (Å²) >= 11 is 0. The summed E-state index contributed by atoms with van der Waals surface area (Å²) in [6, 6.07) is 33.1. The van der Waals surface area contributed by atoms with Crippen LogP contribution in [0.5, 0.6) is 11.5 Å². The first kappa shape index (κ1) is 26.1. The van der Waals surface area contributed by atoms with Crippen LogP contribution in [0.25, 0.3) is 11.1 Å². The Morgan fingerprint density at radius 3 is 2.25 bits per heavy atom. The van der Waals surface area contributed by atoms with Gasteiger partial charge in [-0.2, -0.15) is 0 Å². The van der Waals surface area contributed by atoms with Gasteiger partial charge in [0, 0.05) is 12.1 Å². The van der Waals surface area contributed by atoms with Gasteiger partial charge >= 0.3 is 0 Å². The predicted octanol–water partition coefficient (Wildman–Crippen LogP) is 7.03. The summed E-state index contributed by atoms with van der Waals surface area (Å²) < 4.78 is 11.0. The molecule has 4 aromatic rings. The molecule has 204 valence electrons. The average Bonchev–Trinajstić information content (AvgIpc) is 3.47. The van der Waals surface area contributed by atoms with Gasteiger partial charge in [0.1, 0.15) is 0 Å². The molecular weight excluding hydrogens is 496 g/mol. The molecule has 1 amide bonds. The van der Waals surface area contributed by atoms with E-state index in [0.29, 0.717) is 18.3 Å². The van der Waals surface area contributed by atoms with Crippen LogP contribution >= 0.6 is 0 Å². The Balaban J connectivity index is 0.969. The maximum atomic E-state index is 12.9. The zero-order valence-electron chi connectivity index (χ0n) is 23.0. The van der Waals surface area contributed by atoms with Crippen LogP contribution in [-0.2, 0) is 13.0 Å². The monoisotopic (exact) mass is 532 g/mol. The summed E-state index contributed by atoms with van der Waals surface area (Å²) in [6.07, 6.45) is 3.44. The number of likely N-dealkylation sites (tertiary alicyclic amines) is 1.